The molecule has 7 nitrogen and oxygen atoms in total. The zero-order valence-electron chi connectivity index (χ0n) is 15.8. The molecule has 0 aliphatic carbocycles. The number of nitro benzene ring substituents is 1. The maximum absolute atomic E-state index is 11.2. The van der Waals surface area contributed by atoms with E-state index in [2.05, 4.69) is 16.0 Å². The fourth-order valence-corrected chi connectivity index (χ4v) is 3.11. The number of imidazole rings is 1. The van der Waals surface area contributed by atoms with E-state index in [1.807, 2.05) is 26.0 Å². The van der Waals surface area contributed by atoms with Gasteiger partial charge in [0.2, 0.25) is 0 Å². The van der Waals surface area contributed by atoms with Gasteiger partial charge >= 0.3 is 0 Å². The lowest BCUT2D eigenvalue weighted by Gasteiger charge is -1.98. The first kappa shape index (κ1) is 18.2. The quantitative estimate of drug-likeness (QED) is 0.287. The highest BCUT2D eigenvalue weighted by Crippen LogP contribution is 2.32. The number of aryl methyl sites for hydroxylation is 2. The molecule has 0 saturated heterocycles. The minimum atomic E-state index is -0.452. The van der Waals surface area contributed by atoms with Gasteiger partial charge in [0.05, 0.1) is 27.1 Å². The van der Waals surface area contributed by atoms with Crippen molar-refractivity contribution in [2.75, 3.05) is 0 Å². The van der Waals surface area contributed by atoms with Gasteiger partial charge in [0.25, 0.3) is 5.69 Å². The number of hydrogen-bond acceptors (Lipinski definition) is 5. The van der Waals surface area contributed by atoms with Gasteiger partial charge in [0, 0.05) is 12.1 Å². The maximum Gasteiger partial charge on any atom is 0.280 e. The predicted octanol–water partition coefficient (Wildman–Crippen LogP) is 5.41. The average molecular weight is 384 g/mol. The first-order valence-electron chi connectivity index (χ1n) is 8.89. The number of fused-ring (bicyclic) bond motifs is 1. The van der Waals surface area contributed by atoms with Crippen molar-refractivity contribution in [1.82, 2.24) is 9.97 Å². The maximum atomic E-state index is 11.2. The van der Waals surface area contributed by atoms with Crippen molar-refractivity contribution in [2.45, 2.75) is 13.8 Å². The fourth-order valence-electron chi connectivity index (χ4n) is 3.11. The standard InChI is InChI=1S/C22H16N4O3/c1-13-9-18-19(10-14(13)2)25-22(24-18)15(12-23)11-16-7-8-21(29-16)17-5-3-4-6-20(17)26(27)28/h3-11H,1-2H3,(H,24,25)/b15-11+. The Morgan fingerprint density at radius 2 is 1.97 bits per heavy atom. The van der Waals surface area contributed by atoms with Crippen LogP contribution < -0.4 is 0 Å². The summed E-state index contributed by atoms with van der Waals surface area (Å²) in [6, 6.07) is 15.8. The Balaban J connectivity index is 1.73. The molecule has 2 heterocycles. The van der Waals surface area contributed by atoms with E-state index in [1.165, 1.54) is 6.07 Å². The molecule has 7 heteroatoms. The molecule has 4 aromatic rings. The Morgan fingerprint density at radius 1 is 1.21 bits per heavy atom. The number of hydrogen-bond donors (Lipinski definition) is 1. The first-order chi connectivity index (χ1) is 14.0. The molecule has 0 spiro atoms. The van der Waals surface area contributed by atoms with Gasteiger partial charge in [0.15, 0.2) is 0 Å². The van der Waals surface area contributed by atoms with Gasteiger partial charge in [-0.3, -0.25) is 10.1 Å². The smallest absolute Gasteiger partial charge is 0.280 e. The molecule has 2 aromatic carbocycles. The van der Waals surface area contributed by atoms with E-state index in [4.69, 9.17) is 4.42 Å². The highest BCUT2D eigenvalue weighted by molar-refractivity contribution is 5.90. The third kappa shape index (κ3) is 3.39. The van der Waals surface area contributed by atoms with Crippen molar-refractivity contribution in [3.05, 3.63) is 81.4 Å². The second-order valence-corrected chi connectivity index (χ2v) is 6.69. The van der Waals surface area contributed by atoms with Gasteiger partial charge in [-0.15, -0.1) is 0 Å². The summed E-state index contributed by atoms with van der Waals surface area (Å²) in [7, 11) is 0. The van der Waals surface area contributed by atoms with Crippen molar-refractivity contribution in [1.29, 1.82) is 5.26 Å². The number of para-hydroxylation sites is 1. The largest absolute Gasteiger partial charge is 0.456 e. The lowest BCUT2D eigenvalue weighted by molar-refractivity contribution is -0.384. The van der Waals surface area contributed by atoms with Gasteiger partial charge < -0.3 is 9.40 Å². The van der Waals surface area contributed by atoms with Gasteiger partial charge in [0.1, 0.15) is 23.4 Å². The van der Waals surface area contributed by atoms with E-state index in [0.29, 0.717) is 28.5 Å². The monoisotopic (exact) mass is 384 g/mol. The number of furan rings is 1. The molecular weight excluding hydrogens is 368 g/mol. The summed E-state index contributed by atoms with van der Waals surface area (Å²) in [5, 5.41) is 20.8. The Morgan fingerprint density at radius 3 is 2.72 bits per heavy atom. The van der Waals surface area contributed by atoms with Crippen LogP contribution in [-0.2, 0) is 0 Å². The molecular formula is C22H16N4O3. The Kier molecular flexibility index (Phi) is 4.45. The first-order valence-corrected chi connectivity index (χ1v) is 8.89. The SMILES string of the molecule is Cc1cc2nc(/C(C#N)=C/c3ccc(-c4ccccc4[N+](=O)[O-])o3)[nH]c2cc1C. The number of allylic oxidation sites excluding steroid dienone is 1. The van der Waals surface area contributed by atoms with Crippen LogP contribution in [0.15, 0.2) is 52.9 Å². The molecule has 0 atom stereocenters. The molecule has 0 amide bonds. The van der Waals surface area contributed by atoms with Crippen LogP contribution in [-0.4, -0.2) is 14.9 Å². The molecule has 142 valence electrons. The number of rotatable bonds is 4. The normalized spacial score (nSPS) is 11.6. The Hall–Kier alpha value is -4.18. The van der Waals surface area contributed by atoms with Crippen molar-refractivity contribution in [3.63, 3.8) is 0 Å². The summed E-state index contributed by atoms with van der Waals surface area (Å²) in [4.78, 5) is 18.5. The second-order valence-electron chi connectivity index (χ2n) is 6.69. The van der Waals surface area contributed by atoms with E-state index in [1.54, 1.807) is 36.4 Å². The van der Waals surface area contributed by atoms with Crippen LogP contribution >= 0.6 is 0 Å². The van der Waals surface area contributed by atoms with Crippen molar-refractivity contribution in [2.24, 2.45) is 0 Å². The van der Waals surface area contributed by atoms with Crippen LogP contribution in [0.2, 0.25) is 0 Å². The van der Waals surface area contributed by atoms with Crippen LogP contribution in [0.25, 0.3) is 34.0 Å². The highest BCUT2D eigenvalue weighted by Gasteiger charge is 2.17. The van der Waals surface area contributed by atoms with Crippen LogP contribution in [0.1, 0.15) is 22.7 Å². The molecule has 0 saturated carbocycles. The molecule has 0 radical (unpaired) electrons. The van der Waals surface area contributed by atoms with Crippen LogP contribution in [0.5, 0.6) is 0 Å². The minimum Gasteiger partial charge on any atom is -0.456 e. The average Bonchev–Trinajstić information content (AvgIpc) is 3.33. The number of H-pyrrole nitrogens is 1. The summed E-state index contributed by atoms with van der Waals surface area (Å²) in [5.74, 6) is 1.20. The molecule has 29 heavy (non-hydrogen) atoms. The lowest BCUT2D eigenvalue weighted by Crippen LogP contribution is -1.90. The van der Waals surface area contributed by atoms with Crippen molar-refractivity contribution >= 4 is 28.4 Å². The number of nitriles is 1. The van der Waals surface area contributed by atoms with Crippen molar-refractivity contribution in [3.8, 4) is 17.4 Å². The summed E-state index contributed by atoms with van der Waals surface area (Å²) in [5.41, 5.74) is 4.54. The molecule has 0 aliphatic heterocycles. The Labute approximate surface area is 166 Å². The third-order valence-electron chi connectivity index (χ3n) is 4.75. The molecule has 0 bridgehead atoms. The molecule has 2 aromatic heterocycles. The predicted molar refractivity (Wildman–Crippen MR) is 110 cm³/mol. The van der Waals surface area contributed by atoms with Crippen LogP contribution in [0, 0.1) is 35.3 Å². The summed E-state index contributed by atoms with van der Waals surface area (Å²) in [6.45, 7) is 4.03. The van der Waals surface area contributed by atoms with E-state index < -0.39 is 4.92 Å². The second kappa shape index (κ2) is 7.09. The molecule has 1 N–H and O–H groups in total. The number of nitrogens with one attached hydrogen (secondary N) is 1. The summed E-state index contributed by atoms with van der Waals surface area (Å²) >= 11 is 0. The molecule has 4 rings (SSSR count). The number of nitro groups is 1. The van der Waals surface area contributed by atoms with Crippen LogP contribution in [0.4, 0.5) is 5.69 Å². The molecule has 0 fully saturated rings. The van der Waals surface area contributed by atoms with Crippen LogP contribution in [0.3, 0.4) is 0 Å². The van der Waals surface area contributed by atoms with E-state index in [9.17, 15) is 15.4 Å². The minimum absolute atomic E-state index is 0.0408. The third-order valence-corrected chi connectivity index (χ3v) is 4.75. The topological polar surface area (TPSA) is 109 Å². The van der Waals surface area contributed by atoms with Gasteiger partial charge in [-0.25, -0.2) is 4.98 Å². The van der Waals surface area contributed by atoms with E-state index in [-0.39, 0.29) is 5.69 Å². The zero-order chi connectivity index (χ0) is 20.5. The molecule has 0 aliphatic rings. The molecule has 0 unspecified atom stereocenters. The van der Waals surface area contributed by atoms with Gasteiger partial charge in [-0.1, -0.05) is 12.1 Å². The lowest BCUT2D eigenvalue weighted by atomic mass is 10.1. The number of aromatic nitrogens is 2. The summed E-state index contributed by atoms with van der Waals surface area (Å²) in [6.07, 6.45) is 1.57. The van der Waals surface area contributed by atoms with E-state index >= 15 is 0 Å². The van der Waals surface area contributed by atoms with E-state index in [0.717, 1.165) is 22.2 Å². The fraction of sp³-hybridized carbons (Fsp3) is 0.0909. The number of benzene rings is 2. The van der Waals surface area contributed by atoms with Crippen molar-refractivity contribution < 1.29 is 9.34 Å². The van der Waals surface area contributed by atoms with Gasteiger partial charge in [-0.2, -0.15) is 5.26 Å². The Bertz CT molecular complexity index is 1280. The van der Waals surface area contributed by atoms with Gasteiger partial charge in [-0.05, 0) is 55.3 Å². The summed E-state index contributed by atoms with van der Waals surface area (Å²) < 4.78 is 5.75. The number of aromatic amines is 1. The zero-order valence-corrected chi connectivity index (χ0v) is 15.8. The highest BCUT2D eigenvalue weighted by atomic mass is 16.6. The number of nitrogens with zero attached hydrogens (tertiary/aromatic N) is 3.